The number of thioether (sulfide) groups is 1. The summed E-state index contributed by atoms with van der Waals surface area (Å²) < 4.78 is 26.5. The van der Waals surface area contributed by atoms with Crippen molar-refractivity contribution < 1.29 is 13.2 Å². The van der Waals surface area contributed by atoms with Gasteiger partial charge in [0.05, 0.1) is 10.6 Å². The van der Waals surface area contributed by atoms with Crippen LogP contribution in [-0.4, -0.2) is 26.6 Å². The zero-order valence-electron chi connectivity index (χ0n) is 14.3. The topological polar surface area (TPSA) is 75.3 Å². The van der Waals surface area contributed by atoms with E-state index in [0.29, 0.717) is 18.0 Å². The van der Waals surface area contributed by atoms with Crippen LogP contribution in [-0.2, 0) is 14.8 Å². The van der Waals surface area contributed by atoms with Gasteiger partial charge in [-0.15, -0.1) is 11.8 Å². The van der Waals surface area contributed by atoms with E-state index in [0.717, 1.165) is 16.9 Å². The molecule has 0 radical (unpaired) electrons. The predicted molar refractivity (Wildman–Crippen MR) is 102 cm³/mol. The molecule has 0 aliphatic heterocycles. The molecule has 0 unspecified atom stereocenters. The predicted octanol–water partition coefficient (Wildman–Crippen LogP) is 3.41. The number of benzene rings is 2. The minimum absolute atomic E-state index is 0.132. The highest BCUT2D eigenvalue weighted by Gasteiger charge is 2.13. The zero-order valence-corrected chi connectivity index (χ0v) is 15.9. The van der Waals surface area contributed by atoms with Gasteiger partial charge in [-0.2, -0.15) is 0 Å². The van der Waals surface area contributed by atoms with Crippen LogP contribution in [0, 0.1) is 6.92 Å². The first-order valence-corrected chi connectivity index (χ1v) is 10.5. The van der Waals surface area contributed by atoms with Crippen molar-refractivity contribution in [3.05, 3.63) is 54.1 Å². The molecule has 0 saturated carbocycles. The van der Waals surface area contributed by atoms with Gasteiger partial charge in [-0.05, 0) is 49.2 Å². The van der Waals surface area contributed by atoms with E-state index in [1.165, 1.54) is 23.9 Å². The second-order valence-corrected chi connectivity index (χ2v) is 8.31. The molecule has 134 valence electrons. The second-order valence-electron chi connectivity index (χ2n) is 5.52. The lowest BCUT2D eigenvalue weighted by Gasteiger charge is -2.09. The summed E-state index contributed by atoms with van der Waals surface area (Å²) in [4.78, 5) is 13.3. The van der Waals surface area contributed by atoms with Crippen molar-refractivity contribution in [3.8, 4) is 0 Å². The summed E-state index contributed by atoms with van der Waals surface area (Å²) in [6.07, 6.45) is 0.728. The molecule has 0 aromatic heterocycles. The Balaban J connectivity index is 1.92. The van der Waals surface area contributed by atoms with Gasteiger partial charge in [-0.1, -0.05) is 25.1 Å². The summed E-state index contributed by atoms with van der Waals surface area (Å²) in [6, 6.07) is 14.1. The Morgan fingerprint density at radius 1 is 1.08 bits per heavy atom. The van der Waals surface area contributed by atoms with Crippen LogP contribution in [0.3, 0.4) is 0 Å². The van der Waals surface area contributed by atoms with Crippen molar-refractivity contribution in [2.45, 2.75) is 30.1 Å². The van der Waals surface area contributed by atoms with Crippen molar-refractivity contribution in [3.63, 3.8) is 0 Å². The first-order chi connectivity index (χ1) is 11.9. The number of aryl methyl sites for hydroxylation is 1. The molecule has 5 nitrogen and oxygen atoms in total. The van der Waals surface area contributed by atoms with Crippen molar-refractivity contribution in [2.24, 2.45) is 0 Å². The molecule has 2 N–H and O–H groups in total. The highest BCUT2D eigenvalue weighted by atomic mass is 32.2. The number of carbonyl (C=O) groups is 1. The van der Waals surface area contributed by atoms with Crippen LogP contribution in [0.15, 0.2) is 58.3 Å². The van der Waals surface area contributed by atoms with E-state index in [1.807, 2.05) is 38.1 Å². The monoisotopic (exact) mass is 378 g/mol. The van der Waals surface area contributed by atoms with E-state index in [2.05, 4.69) is 10.0 Å². The van der Waals surface area contributed by atoms with Gasteiger partial charge in [0.1, 0.15) is 0 Å². The smallest absolute Gasteiger partial charge is 0.240 e. The highest BCUT2D eigenvalue weighted by Crippen LogP contribution is 2.22. The molecule has 0 fully saturated rings. The minimum atomic E-state index is -3.49. The summed E-state index contributed by atoms with van der Waals surface area (Å²) in [6.45, 7) is 4.30. The third-order valence-corrected chi connectivity index (χ3v) is 6.10. The van der Waals surface area contributed by atoms with Crippen molar-refractivity contribution in [2.75, 3.05) is 17.6 Å². The minimum Gasteiger partial charge on any atom is -0.325 e. The average Bonchev–Trinajstić information content (AvgIpc) is 2.60. The van der Waals surface area contributed by atoms with Crippen LogP contribution < -0.4 is 10.0 Å². The summed E-state index contributed by atoms with van der Waals surface area (Å²) in [5, 5.41) is 2.78. The summed E-state index contributed by atoms with van der Waals surface area (Å²) in [7, 11) is -3.49. The normalized spacial score (nSPS) is 11.3. The van der Waals surface area contributed by atoms with Crippen LogP contribution in [0.4, 0.5) is 5.69 Å². The van der Waals surface area contributed by atoms with Crippen LogP contribution in [0.5, 0.6) is 0 Å². The Kier molecular flexibility index (Phi) is 7.04. The number of anilines is 1. The molecule has 1 amide bonds. The summed E-state index contributed by atoms with van der Waals surface area (Å²) in [5.74, 6) is 0.163. The van der Waals surface area contributed by atoms with Gasteiger partial charge in [0.15, 0.2) is 0 Å². The first-order valence-electron chi connectivity index (χ1n) is 8.00. The number of hydrogen-bond acceptors (Lipinski definition) is 4. The fraction of sp³-hybridized carbons (Fsp3) is 0.278. The number of rotatable bonds is 8. The molecule has 2 aromatic rings. The van der Waals surface area contributed by atoms with Gasteiger partial charge in [0.25, 0.3) is 0 Å². The lowest BCUT2D eigenvalue weighted by Crippen LogP contribution is -2.24. The number of amides is 1. The number of sulfonamides is 1. The van der Waals surface area contributed by atoms with E-state index < -0.39 is 10.0 Å². The lowest BCUT2D eigenvalue weighted by atomic mass is 10.2. The van der Waals surface area contributed by atoms with Gasteiger partial charge in [0.2, 0.25) is 15.9 Å². The maximum absolute atomic E-state index is 12.1. The fourth-order valence-corrected chi connectivity index (χ4v) is 4.06. The first kappa shape index (κ1) is 19.5. The molecular formula is C18H22N2O3S2. The van der Waals surface area contributed by atoms with Gasteiger partial charge >= 0.3 is 0 Å². The van der Waals surface area contributed by atoms with E-state index in [-0.39, 0.29) is 10.8 Å². The van der Waals surface area contributed by atoms with E-state index in [4.69, 9.17) is 0 Å². The Labute approximate surface area is 153 Å². The van der Waals surface area contributed by atoms with E-state index >= 15 is 0 Å². The third kappa shape index (κ3) is 5.88. The van der Waals surface area contributed by atoms with Gasteiger partial charge in [0, 0.05) is 17.1 Å². The Bertz CT molecular complexity index is 818. The van der Waals surface area contributed by atoms with Crippen LogP contribution >= 0.6 is 11.8 Å². The molecule has 0 bridgehead atoms. The summed E-state index contributed by atoms with van der Waals surface area (Å²) >= 11 is 1.47. The molecule has 0 spiro atoms. The number of carbonyl (C=O) groups excluding carboxylic acids is 1. The van der Waals surface area contributed by atoms with Crippen LogP contribution in [0.1, 0.15) is 18.9 Å². The number of nitrogens with one attached hydrogen (secondary N) is 2. The van der Waals surface area contributed by atoms with Crippen molar-refractivity contribution in [1.29, 1.82) is 0 Å². The molecule has 7 heteroatoms. The van der Waals surface area contributed by atoms with E-state index in [1.54, 1.807) is 12.1 Å². The molecule has 0 aliphatic rings. The Morgan fingerprint density at radius 3 is 2.40 bits per heavy atom. The summed E-state index contributed by atoms with van der Waals surface area (Å²) in [5.41, 5.74) is 1.71. The Hall–Kier alpha value is -1.83. The maximum atomic E-state index is 12.1. The molecule has 0 heterocycles. The van der Waals surface area contributed by atoms with Gasteiger partial charge in [-0.25, -0.2) is 13.1 Å². The molecule has 0 aliphatic carbocycles. The van der Waals surface area contributed by atoms with E-state index in [9.17, 15) is 13.2 Å². The standard InChI is InChI=1S/C18H22N2O3S2/c1-3-12-19-25(22,23)16-10-8-15(9-11-16)20-18(21)13-24-17-7-5-4-6-14(17)2/h4-11,19H,3,12-13H2,1-2H3,(H,20,21). The zero-order chi connectivity index (χ0) is 18.3. The SMILES string of the molecule is CCCNS(=O)(=O)c1ccc(NC(=O)CSc2ccccc2C)cc1. The average molecular weight is 379 g/mol. The molecule has 0 atom stereocenters. The molecule has 0 saturated heterocycles. The molecule has 25 heavy (non-hydrogen) atoms. The largest absolute Gasteiger partial charge is 0.325 e. The van der Waals surface area contributed by atoms with Crippen LogP contribution in [0.25, 0.3) is 0 Å². The van der Waals surface area contributed by atoms with Crippen molar-refractivity contribution >= 4 is 33.4 Å². The third-order valence-electron chi connectivity index (χ3n) is 3.44. The highest BCUT2D eigenvalue weighted by molar-refractivity contribution is 8.00. The Morgan fingerprint density at radius 2 is 1.76 bits per heavy atom. The molecular weight excluding hydrogens is 356 g/mol. The molecule has 2 rings (SSSR count). The van der Waals surface area contributed by atoms with Crippen LogP contribution in [0.2, 0.25) is 0 Å². The number of hydrogen-bond donors (Lipinski definition) is 2. The van der Waals surface area contributed by atoms with Gasteiger partial charge in [-0.3, -0.25) is 4.79 Å². The maximum Gasteiger partial charge on any atom is 0.240 e. The second kappa shape index (κ2) is 9.03. The van der Waals surface area contributed by atoms with Crippen molar-refractivity contribution in [1.82, 2.24) is 4.72 Å². The molecule has 2 aromatic carbocycles. The lowest BCUT2D eigenvalue weighted by molar-refractivity contribution is -0.113. The fourth-order valence-electron chi connectivity index (χ4n) is 2.10. The van der Waals surface area contributed by atoms with Gasteiger partial charge < -0.3 is 5.32 Å². The quantitative estimate of drug-likeness (QED) is 0.690.